The number of hydrogen-bond acceptors (Lipinski definition) is 5. The average molecular weight is 494 g/mol. The first kappa shape index (κ1) is 23.1. The van der Waals surface area contributed by atoms with Crippen LogP contribution in [0.3, 0.4) is 0 Å². The van der Waals surface area contributed by atoms with E-state index in [9.17, 15) is 18.8 Å². The molecular weight excluding hydrogens is 469 g/mol. The molecule has 0 spiro atoms. The zero-order valence-electron chi connectivity index (χ0n) is 19.1. The van der Waals surface area contributed by atoms with Crippen molar-refractivity contribution in [1.29, 1.82) is 0 Å². The predicted molar refractivity (Wildman–Crippen MR) is 132 cm³/mol. The minimum absolute atomic E-state index is 0.214. The maximum Gasteiger partial charge on any atom is 0.333 e. The third-order valence-corrected chi connectivity index (χ3v) is 7.33. The van der Waals surface area contributed by atoms with Gasteiger partial charge in [-0.25, -0.2) is 18.7 Å². The van der Waals surface area contributed by atoms with Gasteiger partial charge in [0, 0.05) is 17.2 Å². The zero-order chi connectivity index (χ0) is 24.5. The van der Waals surface area contributed by atoms with Crippen LogP contribution in [0.15, 0.2) is 69.3 Å². The maximum absolute atomic E-state index is 14.2. The molecule has 0 radical (unpaired) electrons. The van der Waals surface area contributed by atoms with Crippen LogP contribution in [0.2, 0.25) is 0 Å². The second kappa shape index (κ2) is 9.53. The van der Waals surface area contributed by atoms with Crippen LogP contribution in [-0.4, -0.2) is 30.3 Å². The second-order valence-electron chi connectivity index (χ2n) is 8.36. The van der Waals surface area contributed by atoms with Crippen molar-refractivity contribution in [3.05, 3.63) is 92.6 Å². The second-order valence-corrected chi connectivity index (χ2v) is 9.47. The Labute approximate surface area is 204 Å². The van der Waals surface area contributed by atoms with Gasteiger partial charge in [-0.1, -0.05) is 42.5 Å². The SMILES string of the molecule is CCn1cnc2c1c(=O)n(CC(=O)NC1CCSc3c(F)cccc31)c(=O)n2Cc1ccccc1. The third-order valence-electron chi connectivity index (χ3n) is 6.17. The van der Waals surface area contributed by atoms with Gasteiger partial charge in [0.2, 0.25) is 5.91 Å². The van der Waals surface area contributed by atoms with E-state index >= 15 is 0 Å². The number of nitrogens with one attached hydrogen (secondary N) is 1. The predicted octanol–water partition coefficient (Wildman–Crippen LogP) is 2.92. The molecule has 10 heteroatoms. The first-order valence-corrected chi connectivity index (χ1v) is 12.4. The lowest BCUT2D eigenvalue weighted by atomic mass is 10.0. The van der Waals surface area contributed by atoms with Gasteiger partial charge in [0.1, 0.15) is 12.4 Å². The highest BCUT2D eigenvalue weighted by atomic mass is 32.2. The van der Waals surface area contributed by atoms with E-state index in [2.05, 4.69) is 10.3 Å². The molecule has 1 unspecified atom stereocenters. The first-order chi connectivity index (χ1) is 17.0. The van der Waals surface area contributed by atoms with Gasteiger partial charge in [0.25, 0.3) is 5.56 Å². The Kier molecular flexibility index (Phi) is 6.29. The van der Waals surface area contributed by atoms with Gasteiger partial charge in [-0.05, 0) is 30.5 Å². The van der Waals surface area contributed by atoms with E-state index in [0.717, 1.165) is 10.1 Å². The quantitative estimate of drug-likeness (QED) is 0.446. The van der Waals surface area contributed by atoms with Gasteiger partial charge in [-0.3, -0.25) is 14.2 Å². The molecular formula is C25H24FN5O3S. The summed E-state index contributed by atoms with van der Waals surface area (Å²) in [5, 5.41) is 2.90. The standard InChI is InChI=1S/C25H24FN5O3S/c1-2-29-15-27-23-21(29)24(33)31(25(34)30(23)13-16-7-4-3-5-8-16)14-20(32)28-19-11-12-35-22-17(19)9-6-10-18(22)26/h3-10,15,19H,2,11-14H2,1H3,(H,28,32). The van der Waals surface area contributed by atoms with Crippen molar-refractivity contribution in [2.24, 2.45) is 0 Å². The van der Waals surface area contributed by atoms with E-state index < -0.39 is 23.7 Å². The molecule has 4 aromatic rings. The van der Waals surface area contributed by atoms with E-state index in [0.29, 0.717) is 29.2 Å². The van der Waals surface area contributed by atoms with Gasteiger partial charge < -0.3 is 9.88 Å². The summed E-state index contributed by atoms with van der Waals surface area (Å²) in [6.07, 6.45) is 2.16. The van der Waals surface area contributed by atoms with E-state index in [-0.39, 0.29) is 29.6 Å². The van der Waals surface area contributed by atoms with Crippen LogP contribution in [0.25, 0.3) is 11.2 Å². The molecule has 0 bridgehead atoms. The molecule has 0 fully saturated rings. The lowest BCUT2D eigenvalue weighted by molar-refractivity contribution is -0.122. The highest BCUT2D eigenvalue weighted by Gasteiger charge is 2.26. The smallest absolute Gasteiger partial charge is 0.333 e. The van der Waals surface area contributed by atoms with Crippen LogP contribution in [0.5, 0.6) is 0 Å². The summed E-state index contributed by atoms with van der Waals surface area (Å²) in [6, 6.07) is 13.8. The fourth-order valence-electron chi connectivity index (χ4n) is 4.45. The Morgan fingerprint density at radius 2 is 1.94 bits per heavy atom. The Hall–Kier alpha value is -3.66. The number of hydrogen-bond donors (Lipinski definition) is 1. The molecule has 5 rings (SSSR count). The number of carbonyl (C=O) groups excluding carboxylic acids is 1. The van der Waals surface area contributed by atoms with Gasteiger partial charge in [0.05, 0.1) is 18.9 Å². The molecule has 35 heavy (non-hydrogen) atoms. The van der Waals surface area contributed by atoms with Crippen LogP contribution in [0, 0.1) is 5.82 Å². The molecule has 180 valence electrons. The summed E-state index contributed by atoms with van der Waals surface area (Å²) >= 11 is 1.42. The number of aryl methyl sites for hydroxylation is 1. The van der Waals surface area contributed by atoms with Gasteiger partial charge >= 0.3 is 5.69 Å². The molecule has 1 atom stereocenters. The molecule has 1 N–H and O–H groups in total. The van der Waals surface area contributed by atoms with Crippen molar-refractivity contribution >= 4 is 28.8 Å². The van der Waals surface area contributed by atoms with Gasteiger partial charge in [-0.15, -0.1) is 11.8 Å². The van der Waals surface area contributed by atoms with Crippen LogP contribution in [-0.2, 0) is 24.4 Å². The Morgan fingerprint density at radius 1 is 1.14 bits per heavy atom. The number of nitrogens with zero attached hydrogens (tertiary/aromatic N) is 4. The minimum atomic E-state index is -0.603. The van der Waals surface area contributed by atoms with E-state index in [1.165, 1.54) is 28.7 Å². The third kappa shape index (κ3) is 4.29. The monoisotopic (exact) mass is 493 g/mol. The Morgan fingerprint density at radius 3 is 2.71 bits per heavy atom. The average Bonchev–Trinajstić information content (AvgIpc) is 3.30. The van der Waals surface area contributed by atoms with Crippen molar-refractivity contribution in [2.45, 2.75) is 43.9 Å². The van der Waals surface area contributed by atoms with Crippen molar-refractivity contribution in [3.8, 4) is 0 Å². The highest BCUT2D eigenvalue weighted by Crippen LogP contribution is 2.37. The lowest BCUT2D eigenvalue weighted by Gasteiger charge is -2.26. The summed E-state index contributed by atoms with van der Waals surface area (Å²) < 4.78 is 18.3. The van der Waals surface area contributed by atoms with Crippen LogP contribution in [0.4, 0.5) is 4.39 Å². The molecule has 8 nitrogen and oxygen atoms in total. The summed E-state index contributed by atoms with van der Waals surface area (Å²) in [7, 11) is 0. The number of fused-ring (bicyclic) bond motifs is 2. The van der Waals surface area contributed by atoms with E-state index in [4.69, 9.17) is 0 Å². The molecule has 3 heterocycles. The van der Waals surface area contributed by atoms with E-state index in [1.807, 2.05) is 37.3 Å². The molecule has 1 aliphatic rings. The van der Waals surface area contributed by atoms with Gasteiger partial charge in [0.15, 0.2) is 11.2 Å². The molecule has 0 aliphatic carbocycles. The van der Waals surface area contributed by atoms with Crippen LogP contribution in [0.1, 0.15) is 30.5 Å². The highest BCUT2D eigenvalue weighted by molar-refractivity contribution is 7.99. The number of imidazole rings is 1. The van der Waals surface area contributed by atoms with Crippen molar-refractivity contribution in [1.82, 2.24) is 24.0 Å². The summed E-state index contributed by atoms with van der Waals surface area (Å²) in [5.41, 5.74) is 0.981. The van der Waals surface area contributed by atoms with Crippen molar-refractivity contribution < 1.29 is 9.18 Å². The topological polar surface area (TPSA) is 90.9 Å². The number of carbonyl (C=O) groups is 1. The van der Waals surface area contributed by atoms with Gasteiger partial charge in [-0.2, -0.15) is 0 Å². The minimum Gasteiger partial charge on any atom is -0.348 e. The number of thioether (sulfide) groups is 1. The summed E-state index contributed by atoms with van der Waals surface area (Å²) in [5.74, 6) is -0.140. The Bertz CT molecular complexity index is 1530. The van der Waals surface area contributed by atoms with Crippen molar-refractivity contribution in [2.75, 3.05) is 5.75 Å². The normalized spacial score (nSPS) is 15.2. The summed E-state index contributed by atoms with van der Waals surface area (Å²) in [6.45, 7) is 2.14. The lowest BCUT2D eigenvalue weighted by Crippen LogP contribution is -2.45. The first-order valence-electron chi connectivity index (χ1n) is 11.4. The maximum atomic E-state index is 14.2. The number of aromatic nitrogens is 4. The zero-order valence-corrected chi connectivity index (χ0v) is 19.9. The molecule has 0 saturated heterocycles. The molecule has 1 amide bonds. The Balaban J connectivity index is 1.51. The van der Waals surface area contributed by atoms with Crippen molar-refractivity contribution in [3.63, 3.8) is 0 Å². The number of halogens is 1. The molecule has 2 aromatic carbocycles. The number of rotatable bonds is 6. The number of amides is 1. The fraction of sp³-hybridized carbons (Fsp3) is 0.280. The largest absolute Gasteiger partial charge is 0.348 e. The molecule has 0 saturated carbocycles. The molecule has 1 aliphatic heterocycles. The van der Waals surface area contributed by atoms with Crippen LogP contribution >= 0.6 is 11.8 Å². The molecule has 2 aromatic heterocycles. The fourth-order valence-corrected chi connectivity index (χ4v) is 5.59. The summed E-state index contributed by atoms with van der Waals surface area (Å²) in [4.78, 5) is 44.6. The number of benzene rings is 2. The van der Waals surface area contributed by atoms with Crippen LogP contribution < -0.4 is 16.6 Å². The van der Waals surface area contributed by atoms with E-state index in [1.54, 1.807) is 16.7 Å².